The molecule has 0 aromatic carbocycles. The quantitative estimate of drug-likeness (QED) is 0.576. The molecule has 1 atom stereocenters. The van der Waals surface area contributed by atoms with E-state index in [4.69, 9.17) is 10.5 Å². The molecule has 0 saturated heterocycles. The highest BCUT2D eigenvalue weighted by atomic mass is 32.2. The third kappa shape index (κ3) is 4.93. The lowest BCUT2D eigenvalue weighted by Gasteiger charge is -2.12. The van der Waals surface area contributed by atoms with E-state index in [2.05, 4.69) is 10.3 Å². The number of nitrogens with zero attached hydrogens (tertiary/aromatic N) is 1. The molecule has 6 heteroatoms. The summed E-state index contributed by atoms with van der Waals surface area (Å²) >= 11 is 1.43. The molecule has 1 aromatic rings. The number of hydrogen-bond acceptors (Lipinski definition) is 5. The van der Waals surface area contributed by atoms with Gasteiger partial charge in [-0.3, -0.25) is 9.78 Å². The highest BCUT2D eigenvalue weighted by Gasteiger charge is 2.14. The smallest absolute Gasteiger partial charge is 0.233 e. The SMILES string of the molecule is COCCCNC(=O)C(C)Sc1ccncc1N. The Balaban J connectivity index is 2.38. The van der Waals surface area contributed by atoms with Crippen LogP contribution in [0.1, 0.15) is 13.3 Å². The molecular weight excluding hydrogens is 250 g/mol. The number of thioether (sulfide) groups is 1. The van der Waals surface area contributed by atoms with Crippen LogP contribution in [0.4, 0.5) is 5.69 Å². The van der Waals surface area contributed by atoms with Gasteiger partial charge in [0.05, 0.1) is 17.1 Å². The van der Waals surface area contributed by atoms with Crippen LogP contribution >= 0.6 is 11.8 Å². The first kappa shape index (κ1) is 14.8. The van der Waals surface area contributed by atoms with E-state index in [0.29, 0.717) is 18.8 Å². The van der Waals surface area contributed by atoms with Crippen molar-refractivity contribution in [3.05, 3.63) is 18.5 Å². The van der Waals surface area contributed by atoms with E-state index >= 15 is 0 Å². The second-order valence-corrected chi connectivity index (χ2v) is 5.19. The lowest BCUT2D eigenvalue weighted by atomic mass is 10.4. The van der Waals surface area contributed by atoms with Crippen molar-refractivity contribution in [3.8, 4) is 0 Å². The van der Waals surface area contributed by atoms with Gasteiger partial charge in [0.25, 0.3) is 0 Å². The van der Waals surface area contributed by atoms with Crippen molar-refractivity contribution < 1.29 is 9.53 Å². The minimum atomic E-state index is -0.183. The Morgan fingerprint density at radius 3 is 3.11 bits per heavy atom. The minimum Gasteiger partial charge on any atom is -0.397 e. The van der Waals surface area contributed by atoms with Gasteiger partial charge in [0.15, 0.2) is 0 Å². The molecule has 0 bridgehead atoms. The number of nitrogen functional groups attached to an aromatic ring is 1. The van der Waals surface area contributed by atoms with Crippen LogP contribution in [0, 0.1) is 0 Å². The second-order valence-electron chi connectivity index (χ2n) is 3.81. The van der Waals surface area contributed by atoms with Gasteiger partial charge in [-0.2, -0.15) is 0 Å². The molecule has 100 valence electrons. The first-order valence-corrected chi connectivity index (χ1v) is 6.66. The third-order valence-corrected chi connectivity index (χ3v) is 3.50. The van der Waals surface area contributed by atoms with Crippen LogP contribution in [0.15, 0.2) is 23.4 Å². The number of methoxy groups -OCH3 is 1. The first-order valence-electron chi connectivity index (χ1n) is 5.78. The number of amides is 1. The molecule has 0 aliphatic rings. The van der Waals surface area contributed by atoms with Crippen molar-refractivity contribution in [2.75, 3.05) is 26.0 Å². The molecule has 1 heterocycles. The van der Waals surface area contributed by atoms with Gasteiger partial charge in [-0.05, 0) is 19.4 Å². The molecule has 0 radical (unpaired) electrons. The van der Waals surface area contributed by atoms with Crippen molar-refractivity contribution in [1.82, 2.24) is 10.3 Å². The number of anilines is 1. The van der Waals surface area contributed by atoms with Gasteiger partial charge in [0.2, 0.25) is 5.91 Å². The van der Waals surface area contributed by atoms with E-state index in [-0.39, 0.29) is 11.2 Å². The van der Waals surface area contributed by atoms with Crippen molar-refractivity contribution in [1.29, 1.82) is 0 Å². The summed E-state index contributed by atoms with van der Waals surface area (Å²) in [6.07, 6.45) is 4.07. The van der Waals surface area contributed by atoms with Crippen molar-refractivity contribution in [2.24, 2.45) is 0 Å². The average molecular weight is 269 g/mol. The highest BCUT2D eigenvalue weighted by molar-refractivity contribution is 8.00. The molecule has 0 spiro atoms. The molecule has 0 saturated carbocycles. The van der Waals surface area contributed by atoms with E-state index in [1.54, 1.807) is 19.5 Å². The lowest BCUT2D eigenvalue weighted by Crippen LogP contribution is -2.32. The van der Waals surface area contributed by atoms with Gasteiger partial charge in [-0.1, -0.05) is 0 Å². The number of carbonyl (C=O) groups is 1. The Labute approximate surface area is 111 Å². The molecule has 0 aliphatic carbocycles. The monoisotopic (exact) mass is 269 g/mol. The molecule has 0 aliphatic heterocycles. The summed E-state index contributed by atoms with van der Waals surface area (Å²) in [5, 5.41) is 2.68. The van der Waals surface area contributed by atoms with Crippen LogP contribution < -0.4 is 11.1 Å². The summed E-state index contributed by atoms with van der Waals surface area (Å²) in [5.41, 5.74) is 6.38. The van der Waals surface area contributed by atoms with Crippen LogP contribution in [-0.2, 0) is 9.53 Å². The van der Waals surface area contributed by atoms with Gasteiger partial charge in [-0.25, -0.2) is 0 Å². The molecule has 1 unspecified atom stereocenters. The zero-order valence-corrected chi connectivity index (χ0v) is 11.5. The van der Waals surface area contributed by atoms with E-state index in [0.717, 1.165) is 11.3 Å². The van der Waals surface area contributed by atoms with Gasteiger partial charge in [0, 0.05) is 31.4 Å². The number of carbonyl (C=O) groups excluding carboxylic acids is 1. The fourth-order valence-corrected chi connectivity index (χ4v) is 2.22. The standard InChI is InChI=1S/C12H19N3O2S/c1-9(12(16)15-5-3-7-17-2)18-11-4-6-14-8-10(11)13/h4,6,8-9H,3,5,7,13H2,1-2H3,(H,15,16). The maximum atomic E-state index is 11.8. The largest absolute Gasteiger partial charge is 0.397 e. The summed E-state index contributed by atoms with van der Waals surface area (Å²) in [5.74, 6) is 0.00677. The normalized spacial score (nSPS) is 12.1. The predicted octanol–water partition coefficient (Wildman–Crippen LogP) is 1.30. The Morgan fingerprint density at radius 1 is 1.67 bits per heavy atom. The Bertz CT molecular complexity index is 387. The van der Waals surface area contributed by atoms with Crippen LogP contribution in [0.5, 0.6) is 0 Å². The predicted molar refractivity (Wildman–Crippen MR) is 73.5 cm³/mol. The number of rotatable bonds is 7. The first-order chi connectivity index (χ1) is 8.65. The summed E-state index contributed by atoms with van der Waals surface area (Å²) in [6.45, 7) is 3.14. The maximum absolute atomic E-state index is 11.8. The number of aromatic nitrogens is 1. The molecule has 3 N–H and O–H groups in total. The minimum absolute atomic E-state index is 0.00677. The summed E-state index contributed by atoms with van der Waals surface area (Å²) in [4.78, 5) is 16.6. The Hall–Kier alpha value is -1.27. The molecule has 5 nitrogen and oxygen atoms in total. The molecule has 1 rings (SSSR count). The summed E-state index contributed by atoms with van der Waals surface area (Å²) in [7, 11) is 1.65. The Morgan fingerprint density at radius 2 is 2.44 bits per heavy atom. The number of nitrogens with one attached hydrogen (secondary N) is 1. The number of ether oxygens (including phenoxy) is 1. The van der Waals surface area contributed by atoms with Crippen molar-refractivity contribution in [2.45, 2.75) is 23.5 Å². The van der Waals surface area contributed by atoms with E-state index in [9.17, 15) is 4.79 Å². The zero-order chi connectivity index (χ0) is 13.4. The Kier molecular flexibility index (Phi) is 6.53. The van der Waals surface area contributed by atoms with E-state index in [1.807, 2.05) is 13.0 Å². The lowest BCUT2D eigenvalue weighted by molar-refractivity contribution is -0.120. The van der Waals surface area contributed by atoms with Gasteiger partial charge in [-0.15, -0.1) is 11.8 Å². The van der Waals surface area contributed by atoms with Gasteiger partial charge in [0.1, 0.15) is 0 Å². The van der Waals surface area contributed by atoms with E-state index in [1.165, 1.54) is 11.8 Å². The van der Waals surface area contributed by atoms with Crippen LogP contribution in [-0.4, -0.2) is 36.4 Å². The summed E-state index contributed by atoms with van der Waals surface area (Å²) < 4.78 is 4.92. The van der Waals surface area contributed by atoms with Crippen molar-refractivity contribution >= 4 is 23.4 Å². The van der Waals surface area contributed by atoms with Gasteiger partial charge >= 0.3 is 0 Å². The summed E-state index contributed by atoms with van der Waals surface area (Å²) in [6, 6.07) is 1.81. The van der Waals surface area contributed by atoms with Gasteiger partial charge < -0.3 is 15.8 Å². The molecule has 1 aromatic heterocycles. The van der Waals surface area contributed by atoms with Crippen LogP contribution in [0.2, 0.25) is 0 Å². The van der Waals surface area contributed by atoms with Crippen molar-refractivity contribution in [3.63, 3.8) is 0 Å². The zero-order valence-electron chi connectivity index (χ0n) is 10.7. The second kappa shape index (κ2) is 7.94. The maximum Gasteiger partial charge on any atom is 0.233 e. The van der Waals surface area contributed by atoms with E-state index < -0.39 is 0 Å². The van der Waals surface area contributed by atoms with Crippen LogP contribution in [0.25, 0.3) is 0 Å². The number of nitrogens with two attached hydrogens (primary N) is 1. The third-order valence-electron chi connectivity index (χ3n) is 2.31. The molecule has 18 heavy (non-hydrogen) atoms. The molecule has 0 fully saturated rings. The highest BCUT2D eigenvalue weighted by Crippen LogP contribution is 2.27. The fourth-order valence-electron chi connectivity index (χ4n) is 1.32. The number of pyridine rings is 1. The molecule has 1 amide bonds. The van der Waals surface area contributed by atoms with Crippen LogP contribution in [0.3, 0.4) is 0 Å². The number of hydrogen-bond donors (Lipinski definition) is 2. The molecular formula is C12H19N3O2S. The fraction of sp³-hybridized carbons (Fsp3) is 0.500. The topological polar surface area (TPSA) is 77.2 Å². The average Bonchev–Trinajstić information content (AvgIpc) is 2.37.